The number of hydrogen-bond donors (Lipinski definition) is 1. The molecular formula is C27H23NO3. The Morgan fingerprint density at radius 2 is 1.39 bits per heavy atom. The summed E-state index contributed by atoms with van der Waals surface area (Å²) >= 11 is 0. The first-order chi connectivity index (χ1) is 15.2. The summed E-state index contributed by atoms with van der Waals surface area (Å²) in [6, 6.07) is 31.6. The summed E-state index contributed by atoms with van der Waals surface area (Å²) in [4.78, 5) is 25.7. The lowest BCUT2D eigenvalue weighted by Crippen LogP contribution is -2.43. The molecule has 0 bridgehead atoms. The van der Waals surface area contributed by atoms with Gasteiger partial charge in [0.1, 0.15) is 12.6 Å². The Morgan fingerprint density at radius 3 is 2.16 bits per heavy atom. The fraction of sp³-hybridized carbons (Fsp3) is 0.111. The van der Waals surface area contributed by atoms with Crippen molar-refractivity contribution in [3.05, 3.63) is 120 Å². The van der Waals surface area contributed by atoms with Crippen molar-refractivity contribution in [1.82, 2.24) is 5.32 Å². The van der Waals surface area contributed by atoms with E-state index in [1.165, 1.54) is 0 Å². The van der Waals surface area contributed by atoms with Gasteiger partial charge in [0.15, 0.2) is 0 Å². The molecule has 4 aromatic carbocycles. The van der Waals surface area contributed by atoms with Gasteiger partial charge in [0.05, 0.1) is 0 Å². The van der Waals surface area contributed by atoms with Crippen molar-refractivity contribution in [2.45, 2.75) is 19.1 Å². The Labute approximate surface area is 181 Å². The van der Waals surface area contributed by atoms with Gasteiger partial charge in [-0.25, -0.2) is 4.79 Å². The normalized spacial score (nSPS) is 11.6. The molecule has 0 saturated carbocycles. The SMILES string of the molecule is O=C(N[C@H](Cc1ccccc1)C(=O)OCc1cccc2ccccc12)c1ccccc1. The first-order valence-corrected chi connectivity index (χ1v) is 10.2. The Bertz CT molecular complexity index is 1170. The molecule has 4 aromatic rings. The van der Waals surface area contributed by atoms with Crippen LogP contribution < -0.4 is 5.32 Å². The Kier molecular flexibility index (Phi) is 6.38. The highest BCUT2D eigenvalue weighted by Gasteiger charge is 2.23. The van der Waals surface area contributed by atoms with Gasteiger partial charge < -0.3 is 10.1 Å². The third-order valence-corrected chi connectivity index (χ3v) is 5.16. The van der Waals surface area contributed by atoms with E-state index in [9.17, 15) is 9.59 Å². The topological polar surface area (TPSA) is 55.4 Å². The van der Waals surface area contributed by atoms with Crippen LogP contribution in [0.4, 0.5) is 0 Å². The van der Waals surface area contributed by atoms with Crippen LogP contribution in [-0.4, -0.2) is 17.9 Å². The first-order valence-electron chi connectivity index (χ1n) is 10.2. The molecule has 4 nitrogen and oxygen atoms in total. The second-order valence-electron chi connectivity index (χ2n) is 7.33. The Morgan fingerprint density at radius 1 is 0.742 bits per heavy atom. The number of benzene rings is 4. The van der Waals surface area contributed by atoms with Crippen molar-refractivity contribution in [2.24, 2.45) is 0 Å². The van der Waals surface area contributed by atoms with Gasteiger partial charge in [-0.3, -0.25) is 4.79 Å². The molecule has 0 aromatic heterocycles. The lowest BCUT2D eigenvalue weighted by molar-refractivity contribution is -0.147. The highest BCUT2D eigenvalue weighted by molar-refractivity contribution is 5.96. The van der Waals surface area contributed by atoms with Crippen LogP contribution >= 0.6 is 0 Å². The largest absolute Gasteiger partial charge is 0.459 e. The molecule has 154 valence electrons. The fourth-order valence-corrected chi connectivity index (χ4v) is 3.54. The van der Waals surface area contributed by atoms with Crippen LogP contribution in [0.3, 0.4) is 0 Å². The van der Waals surface area contributed by atoms with Crippen LogP contribution in [0.5, 0.6) is 0 Å². The third kappa shape index (κ3) is 5.17. The maximum Gasteiger partial charge on any atom is 0.329 e. The van der Waals surface area contributed by atoms with Gasteiger partial charge in [-0.2, -0.15) is 0 Å². The van der Waals surface area contributed by atoms with Crippen molar-refractivity contribution in [3.8, 4) is 0 Å². The molecular weight excluding hydrogens is 386 g/mol. The van der Waals surface area contributed by atoms with E-state index < -0.39 is 12.0 Å². The minimum absolute atomic E-state index is 0.146. The van der Waals surface area contributed by atoms with E-state index in [-0.39, 0.29) is 12.5 Å². The number of nitrogens with one attached hydrogen (secondary N) is 1. The van der Waals surface area contributed by atoms with Gasteiger partial charge in [0, 0.05) is 12.0 Å². The van der Waals surface area contributed by atoms with Gasteiger partial charge >= 0.3 is 5.97 Å². The molecule has 1 amide bonds. The molecule has 0 aliphatic carbocycles. The summed E-state index contributed by atoms with van der Waals surface area (Å²) in [7, 11) is 0. The van der Waals surface area contributed by atoms with Crippen molar-refractivity contribution < 1.29 is 14.3 Å². The monoisotopic (exact) mass is 409 g/mol. The van der Waals surface area contributed by atoms with Crippen LogP contribution in [-0.2, 0) is 22.6 Å². The van der Waals surface area contributed by atoms with Crippen molar-refractivity contribution >= 4 is 22.6 Å². The maximum atomic E-state index is 13.0. The fourth-order valence-electron chi connectivity index (χ4n) is 3.54. The number of ether oxygens (including phenoxy) is 1. The molecule has 0 fully saturated rings. The van der Waals surface area contributed by atoms with Crippen LogP contribution in [0.2, 0.25) is 0 Å². The second kappa shape index (κ2) is 9.72. The molecule has 0 aliphatic rings. The van der Waals surface area contributed by atoms with Crippen molar-refractivity contribution in [1.29, 1.82) is 0 Å². The zero-order valence-electron chi connectivity index (χ0n) is 17.0. The predicted octanol–water partition coefficient (Wildman–Crippen LogP) is 4.92. The average molecular weight is 409 g/mol. The summed E-state index contributed by atoms with van der Waals surface area (Å²) in [5, 5.41) is 4.98. The molecule has 0 saturated heterocycles. The zero-order chi connectivity index (χ0) is 21.5. The van der Waals surface area contributed by atoms with E-state index in [2.05, 4.69) is 5.32 Å². The van der Waals surface area contributed by atoms with Crippen molar-refractivity contribution in [2.75, 3.05) is 0 Å². The molecule has 31 heavy (non-hydrogen) atoms. The molecule has 4 rings (SSSR count). The lowest BCUT2D eigenvalue weighted by atomic mass is 10.0. The predicted molar refractivity (Wildman–Crippen MR) is 122 cm³/mol. The standard InChI is InChI=1S/C27H23NO3/c29-26(22-13-5-2-6-14-22)28-25(18-20-10-3-1-4-11-20)27(30)31-19-23-16-9-15-21-12-7-8-17-24(21)23/h1-17,25H,18-19H2,(H,28,29)/t25-/m1/s1. The molecule has 0 radical (unpaired) electrons. The van der Waals surface area contributed by atoms with E-state index in [1.54, 1.807) is 24.3 Å². The minimum Gasteiger partial charge on any atom is -0.459 e. The van der Waals surface area contributed by atoms with E-state index in [0.717, 1.165) is 21.9 Å². The number of hydrogen-bond acceptors (Lipinski definition) is 3. The van der Waals surface area contributed by atoms with Gasteiger partial charge in [-0.15, -0.1) is 0 Å². The molecule has 1 atom stereocenters. The molecule has 0 heterocycles. The van der Waals surface area contributed by atoms with Gasteiger partial charge in [0.2, 0.25) is 0 Å². The first kappa shape index (κ1) is 20.4. The summed E-state index contributed by atoms with van der Waals surface area (Å²) in [6.07, 6.45) is 0.355. The smallest absolute Gasteiger partial charge is 0.329 e. The average Bonchev–Trinajstić information content (AvgIpc) is 2.83. The summed E-state index contributed by atoms with van der Waals surface area (Å²) in [6.45, 7) is 0.146. The van der Waals surface area contributed by atoms with Crippen LogP contribution in [0.25, 0.3) is 10.8 Å². The number of carbonyl (C=O) groups is 2. The number of rotatable bonds is 7. The third-order valence-electron chi connectivity index (χ3n) is 5.16. The summed E-state index contributed by atoms with van der Waals surface area (Å²) in [5.74, 6) is -0.760. The molecule has 0 aliphatic heterocycles. The zero-order valence-corrected chi connectivity index (χ0v) is 17.0. The minimum atomic E-state index is -0.787. The summed E-state index contributed by atoms with van der Waals surface area (Å²) < 4.78 is 5.65. The Balaban J connectivity index is 1.51. The highest BCUT2D eigenvalue weighted by Crippen LogP contribution is 2.19. The van der Waals surface area contributed by atoms with Gasteiger partial charge in [0.25, 0.3) is 5.91 Å². The van der Waals surface area contributed by atoms with Gasteiger partial charge in [-0.1, -0.05) is 91.0 Å². The number of fused-ring (bicyclic) bond motifs is 1. The number of esters is 1. The quantitative estimate of drug-likeness (QED) is 0.441. The van der Waals surface area contributed by atoms with Crippen molar-refractivity contribution in [3.63, 3.8) is 0 Å². The molecule has 0 spiro atoms. The number of amides is 1. The molecule has 0 unspecified atom stereocenters. The van der Waals surface area contributed by atoms with Crippen LogP contribution in [0.15, 0.2) is 103 Å². The highest BCUT2D eigenvalue weighted by atomic mass is 16.5. The van der Waals surface area contributed by atoms with E-state index in [0.29, 0.717) is 12.0 Å². The Hall–Kier alpha value is -3.92. The van der Waals surface area contributed by atoms with E-state index in [4.69, 9.17) is 4.74 Å². The van der Waals surface area contributed by atoms with Crippen LogP contribution in [0.1, 0.15) is 21.5 Å². The van der Waals surface area contributed by atoms with Gasteiger partial charge in [-0.05, 0) is 34.0 Å². The summed E-state index contributed by atoms with van der Waals surface area (Å²) in [5.41, 5.74) is 2.38. The number of carbonyl (C=O) groups excluding carboxylic acids is 2. The second-order valence-corrected chi connectivity index (χ2v) is 7.33. The van der Waals surface area contributed by atoms with Crippen LogP contribution in [0, 0.1) is 0 Å². The maximum absolute atomic E-state index is 13.0. The van der Waals surface area contributed by atoms with E-state index in [1.807, 2.05) is 78.9 Å². The molecule has 4 heteroatoms. The lowest BCUT2D eigenvalue weighted by Gasteiger charge is -2.18. The van der Waals surface area contributed by atoms with E-state index >= 15 is 0 Å². The molecule has 1 N–H and O–H groups in total.